The highest BCUT2D eigenvalue weighted by molar-refractivity contribution is 5.45. The van der Waals surface area contributed by atoms with E-state index in [1.807, 2.05) is 6.20 Å². The molecule has 0 aliphatic carbocycles. The summed E-state index contributed by atoms with van der Waals surface area (Å²) in [6, 6.07) is 4.35. The third kappa shape index (κ3) is 2.69. The largest absolute Gasteiger partial charge is 0.368 e. The van der Waals surface area contributed by atoms with Gasteiger partial charge in [0, 0.05) is 31.9 Å². The standard InChI is InChI=1S/C12H19N3/c1-2-3-11-4-5-12(10-14-11)15-8-6-13-7-9-15/h4-5,10,13H,2-3,6-9H2,1H3. The maximum absolute atomic E-state index is 4.48. The second-order valence-electron chi connectivity index (χ2n) is 3.99. The molecular weight excluding hydrogens is 186 g/mol. The lowest BCUT2D eigenvalue weighted by Gasteiger charge is -2.29. The Hall–Kier alpha value is -1.09. The highest BCUT2D eigenvalue weighted by atomic mass is 15.2. The van der Waals surface area contributed by atoms with Crippen LogP contribution < -0.4 is 10.2 Å². The van der Waals surface area contributed by atoms with Crippen molar-refractivity contribution in [3.63, 3.8) is 0 Å². The van der Waals surface area contributed by atoms with Crippen molar-refractivity contribution < 1.29 is 0 Å². The number of aryl methyl sites for hydroxylation is 1. The van der Waals surface area contributed by atoms with Gasteiger partial charge in [-0.2, -0.15) is 0 Å². The zero-order valence-electron chi connectivity index (χ0n) is 9.37. The Balaban J connectivity index is 2.02. The number of hydrogen-bond acceptors (Lipinski definition) is 3. The van der Waals surface area contributed by atoms with Gasteiger partial charge < -0.3 is 10.2 Å². The molecular formula is C12H19N3. The maximum Gasteiger partial charge on any atom is 0.0553 e. The van der Waals surface area contributed by atoms with Crippen LogP contribution in [-0.4, -0.2) is 31.2 Å². The monoisotopic (exact) mass is 205 g/mol. The molecule has 1 aliphatic rings. The molecule has 0 saturated carbocycles. The van der Waals surface area contributed by atoms with Crippen LogP contribution in [0.25, 0.3) is 0 Å². The first-order chi connectivity index (χ1) is 7.40. The van der Waals surface area contributed by atoms with E-state index in [1.165, 1.54) is 17.8 Å². The van der Waals surface area contributed by atoms with Crippen LogP contribution in [0.5, 0.6) is 0 Å². The van der Waals surface area contributed by atoms with Gasteiger partial charge in [0.2, 0.25) is 0 Å². The molecule has 1 aliphatic heterocycles. The van der Waals surface area contributed by atoms with Crippen LogP contribution >= 0.6 is 0 Å². The molecule has 0 bridgehead atoms. The summed E-state index contributed by atoms with van der Waals surface area (Å²) in [4.78, 5) is 6.87. The van der Waals surface area contributed by atoms with Crippen molar-refractivity contribution in [2.45, 2.75) is 19.8 Å². The zero-order valence-corrected chi connectivity index (χ0v) is 9.37. The predicted octanol–water partition coefficient (Wildman–Crippen LogP) is 1.44. The van der Waals surface area contributed by atoms with Crippen LogP contribution in [0.2, 0.25) is 0 Å². The molecule has 0 aromatic carbocycles. The third-order valence-electron chi connectivity index (χ3n) is 2.80. The van der Waals surface area contributed by atoms with Crippen LogP contribution in [-0.2, 0) is 6.42 Å². The van der Waals surface area contributed by atoms with Gasteiger partial charge in [0.25, 0.3) is 0 Å². The SMILES string of the molecule is CCCc1ccc(N2CCNCC2)cn1. The molecule has 1 fully saturated rings. The fourth-order valence-electron chi connectivity index (χ4n) is 1.93. The van der Waals surface area contributed by atoms with Crippen molar-refractivity contribution in [3.05, 3.63) is 24.0 Å². The van der Waals surface area contributed by atoms with Crippen molar-refractivity contribution in [1.82, 2.24) is 10.3 Å². The predicted molar refractivity (Wildman–Crippen MR) is 63.3 cm³/mol. The minimum Gasteiger partial charge on any atom is -0.368 e. The van der Waals surface area contributed by atoms with Crippen LogP contribution in [0.3, 0.4) is 0 Å². The third-order valence-corrected chi connectivity index (χ3v) is 2.80. The van der Waals surface area contributed by atoms with Gasteiger partial charge in [-0.3, -0.25) is 4.98 Å². The van der Waals surface area contributed by atoms with Gasteiger partial charge in [-0.15, -0.1) is 0 Å². The summed E-state index contributed by atoms with van der Waals surface area (Å²) in [5.41, 5.74) is 2.47. The maximum atomic E-state index is 4.48. The van der Waals surface area contributed by atoms with Gasteiger partial charge in [0.05, 0.1) is 11.9 Å². The van der Waals surface area contributed by atoms with Gasteiger partial charge in [-0.25, -0.2) is 0 Å². The number of nitrogens with one attached hydrogen (secondary N) is 1. The molecule has 3 nitrogen and oxygen atoms in total. The fraction of sp³-hybridized carbons (Fsp3) is 0.583. The molecule has 0 atom stereocenters. The molecule has 1 saturated heterocycles. The van der Waals surface area contributed by atoms with E-state index in [4.69, 9.17) is 0 Å². The highest BCUT2D eigenvalue weighted by Gasteiger charge is 2.09. The van der Waals surface area contributed by atoms with Gasteiger partial charge in [0.15, 0.2) is 0 Å². The minimum absolute atomic E-state index is 1.08. The Morgan fingerprint density at radius 1 is 1.33 bits per heavy atom. The van der Waals surface area contributed by atoms with E-state index in [0.717, 1.165) is 32.6 Å². The summed E-state index contributed by atoms with van der Waals surface area (Å²) in [5, 5.41) is 3.35. The first kappa shape index (κ1) is 10.4. The van der Waals surface area contributed by atoms with Crippen LogP contribution in [0.15, 0.2) is 18.3 Å². The molecule has 0 unspecified atom stereocenters. The van der Waals surface area contributed by atoms with Crippen molar-refractivity contribution in [2.75, 3.05) is 31.1 Å². The molecule has 3 heteroatoms. The lowest BCUT2D eigenvalue weighted by atomic mass is 10.2. The number of pyridine rings is 1. The van der Waals surface area contributed by atoms with Gasteiger partial charge in [-0.05, 0) is 18.6 Å². The Morgan fingerprint density at radius 3 is 2.73 bits per heavy atom. The van der Waals surface area contributed by atoms with E-state index in [9.17, 15) is 0 Å². The number of aromatic nitrogens is 1. The van der Waals surface area contributed by atoms with Crippen LogP contribution in [0, 0.1) is 0 Å². The molecule has 0 radical (unpaired) electrons. The molecule has 2 heterocycles. The molecule has 1 N–H and O–H groups in total. The molecule has 1 aromatic heterocycles. The summed E-state index contributed by atoms with van der Waals surface area (Å²) in [6.45, 7) is 6.53. The second kappa shape index (κ2) is 5.12. The van der Waals surface area contributed by atoms with Gasteiger partial charge in [0.1, 0.15) is 0 Å². The lowest BCUT2D eigenvalue weighted by molar-refractivity contribution is 0.588. The molecule has 0 spiro atoms. The normalized spacial score (nSPS) is 16.7. The first-order valence-corrected chi connectivity index (χ1v) is 5.80. The van der Waals surface area contributed by atoms with Crippen LogP contribution in [0.1, 0.15) is 19.0 Å². The Labute approximate surface area is 91.5 Å². The molecule has 2 rings (SSSR count). The summed E-state index contributed by atoms with van der Waals surface area (Å²) < 4.78 is 0. The van der Waals surface area contributed by atoms with Crippen molar-refractivity contribution >= 4 is 5.69 Å². The zero-order chi connectivity index (χ0) is 10.5. The molecule has 0 amide bonds. The highest BCUT2D eigenvalue weighted by Crippen LogP contribution is 2.13. The summed E-state index contributed by atoms with van der Waals surface area (Å²) in [5.74, 6) is 0. The fourth-order valence-corrected chi connectivity index (χ4v) is 1.93. The Morgan fingerprint density at radius 2 is 2.13 bits per heavy atom. The van der Waals surface area contributed by atoms with E-state index in [1.54, 1.807) is 0 Å². The van der Waals surface area contributed by atoms with Crippen molar-refractivity contribution in [1.29, 1.82) is 0 Å². The van der Waals surface area contributed by atoms with E-state index < -0.39 is 0 Å². The number of piperazine rings is 1. The van der Waals surface area contributed by atoms with Gasteiger partial charge in [-0.1, -0.05) is 13.3 Å². The Bertz CT molecular complexity index is 288. The second-order valence-corrected chi connectivity index (χ2v) is 3.99. The summed E-state index contributed by atoms with van der Waals surface area (Å²) >= 11 is 0. The average molecular weight is 205 g/mol. The van der Waals surface area contributed by atoms with E-state index >= 15 is 0 Å². The van der Waals surface area contributed by atoms with Crippen molar-refractivity contribution in [2.24, 2.45) is 0 Å². The van der Waals surface area contributed by atoms with Crippen LogP contribution in [0.4, 0.5) is 5.69 Å². The summed E-state index contributed by atoms with van der Waals surface area (Å²) in [6.07, 6.45) is 4.26. The smallest absolute Gasteiger partial charge is 0.0553 e. The first-order valence-electron chi connectivity index (χ1n) is 5.80. The average Bonchev–Trinajstić information content (AvgIpc) is 2.32. The molecule has 1 aromatic rings. The van der Waals surface area contributed by atoms with E-state index in [-0.39, 0.29) is 0 Å². The minimum atomic E-state index is 1.08. The van der Waals surface area contributed by atoms with Gasteiger partial charge >= 0.3 is 0 Å². The lowest BCUT2D eigenvalue weighted by Crippen LogP contribution is -2.43. The number of nitrogens with zero attached hydrogens (tertiary/aromatic N) is 2. The Kier molecular flexibility index (Phi) is 3.56. The molecule has 15 heavy (non-hydrogen) atoms. The van der Waals surface area contributed by atoms with Crippen molar-refractivity contribution in [3.8, 4) is 0 Å². The summed E-state index contributed by atoms with van der Waals surface area (Å²) in [7, 11) is 0. The molecule has 82 valence electrons. The van der Waals surface area contributed by atoms with E-state index in [2.05, 4.69) is 34.3 Å². The quantitative estimate of drug-likeness (QED) is 0.809. The number of anilines is 1. The number of hydrogen-bond donors (Lipinski definition) is 1. The van der Waals surface area contributed by atoms with E-state index in [0.29, 0.717) is 0 Å². The number of rotatable bonds is 3. The topological polar surface area (TPSA) is 28.2 Å².